The Morgan fingerprint density at radius 3 is 1.64 bits per heavy atom. The molecule has 0 amide bonds. The zero-order valence-electron chi connectivity index (χ0n) is 47.2. The van der Waals surface area contributed by atoms with Crippen LogP contribution in [0.4, 0.5) is 17.1 Å². The summed E-state index contributed by atoms with van der Waals surface area (Å²) in [6.45, 7) is 14.6. The van der Waals surface area contributed by atoms with Crippen LogP contribution in [0, 0.1) is 0 Å². The van der Waals surface area contributed by atoms with E-state index >= 15 is 0 Å². The molecule has 3 aliphatic carbocycles. The molecule has 15 aromatic rings. The number of nitrogens with zero attached hydrogens (tertiary/aromatic N) is 2. The molecule has 0 fully saturated rings. The minimum absolute atomic E-state index is 0.246. The topological polar surface area (TPSA) is 34.5 Å². The van der Waals surface area contributed by atoms with Gasteiger partial charge in [-0.1, -0.05) is 187 Å². The second-order valence-electron chi connectivity index (χ2n) is 25.1. The lowest BCUT2D eigenvalue weighted by molar-refractivity contribution is 0.600. The van der Waals surface area contributed by atoms with Crippen LogP contribution in [-0.2, 0) is 16.2 Å². The molecule has 3 aromatic heterocycles. The lowest BCUT2D eigenvalue weighted by Crippen LogP contribution is -2.24. The number of aromatic nitrogens is 1. The molecule has 394 valence electrons. The Morgan fingerprint density at radius 2 is 0.880 bits per heavy atom. The molecular formula is C79H56N2O2. The molecule has 3 aliphatic rings. The highest BCUT2D eigenvalue weighted by Gasteiger charge is 2.49. The summed E-state index contributed by atoms with van der Waals surface area (Å²) in [6, 6.07) is 85.4. The van der Waals surface area contributed by atoms with E-state index in [1.807, 2.05) is 0 Å². The van der Waals surface area contributed by atoms with Gasteiger partial charge in [0.15, 0.2) is 0 Å². The fourth-order valence-corrected chi connectivity index (χ4v) is 15.9. The number of anilines is 3. The van der Waals surface area contributed by atoms with Crippen molar-refractivity contribution < 1.29 is 8.83 Å². The van der Waals surface area contributed by atoms with Crippen LogP contribution in [-0.4, -0.2) is 4.57 Å². The lowest BCUT2D eigenvalue weighted by Gasteiger charge is -2.32. The molecule has 0 saturated carbocycles. The quantitative estimate of drug-likeness (QED) is 0.172. The molecule has 83 heavy (non-hydrogen) atoms. The van der Waals surface area contributed by atoms with Crippen molar-refractivity contribution in [2.24, 2.45) is 0 Å². The first kappa shape index (κ1) is 46.8. The van der Waals surface area contributed by atoms with Crippen molar-refractivity contribution in [2.75, 3.05) is 4.90 Å². The second kappa shape index (κ2) is 16.2. The van der Waals surface area contributed by atoms with Crippen LogP contribution in [0.2, 0.25) is 0 Å². The Morgan fingerprint density at radius 1 is 0.337 bits per heavy atom. The van der Waals surface area contributed by atoms with Gasteiger partial charge in [0.05, 0.1) is 11.0 Å². The van der Waals surface area contributed by atoms with Crippen molar-refractivity contribution >= 4 is 93.5 Å². The number of fused-ring (bicyclic) bond motifs is 23. The normalized spacial score (nSPS) is 14.9. The number of furan rings is 2. The summed E-state index contributed by atoms with van der Waals surface area (Å²) in [7, 11) is 0. The molecule has 3 heterocycles. The Balaban J connectivity index is 0.836. The molecule has 0 spiro atoms. The van der Waals surface area contributed by atoms with Gasteiger partial charge in [-0.3, -0.25) is 0 Å². The number of hydrogen-bond acceptors (Lipinski definition) is 3. The molecule has 0 aliphatic heterocycles. The maximum atomic E-state index is 7.08. The highest BCUT2D eigenvalue weighted by atomic mass is 16.3. The first-order valence-corrected chi connectivity index (χ1v) is 29.2. The number of para-hydroxylation sites is 4. The Hall–Kier alpha value is -9.90. The van der Waals surface area contributed by atoms with E-state index in [-0.39, 0.29) is 16.2 Å². The molecule has 0 saturated heterocycles. The maximum absolute atomic E-state index is 7.08. The molecule has 0 radical (unpaired) electrons. The first-order valence-electron chi connectivity index (χ1n) is 29.2. The Labute approximate surface area is 481 Å². The van der Waals surface area contributed by atoms with E-state index in [2.05, 4.69) is 282 Å². The van der Waals surface area contributed by atoms with Gasteiger partial charge in [0.2, 0.25) is 0 Å². The van der Waals surface area contributed by atoms with Crippen LogP contribution in [0.25, 0.3) is 127 Å². The zero-order chi connectivity index (χ0) is 55.4. The monoisotopic (exact) mass is 1060 g/mol. The predicted molar refractivity (Wildman–Crippen MR) is 346 cm³/mol. The minimum atomic E-state index is -0.379. The zero-order valence-corrected chi connectivity index (χ0v) is 47.2. The number of benzene rings is 12. The summed E-state index contributed by atoms with van der Waals surface area (Å²) in [4.78, 5) is 2.51. The van der Waals surface area contributed by atoms with Crippen molar-refractivity contribution in [3.05, 3.63) is 264 Å². The molecule has 0 unspecified atom stereocenters. The van der Waals surface area contributed by atoms with E-state index in [0.717, 1.165) is 67.0 Å². The first-order chi connectivity index (χ1) is 40.4. The largest absolute Gasteiger partial charge is 0.455 e. The van der Waals surface area contributed by atoms with Gasteiger partial charge >= 0.3 is 0 Å². The highest BCUT2D eigenvalue weighted by molar-refractivity contribution is 6.22. The van der Waals surface area contributed by atoms with Gasteiger partial charge in [-0.15, -0.1) is 0 Å². The fraction of sp³-hybridized carbons (Fsp3) is 0.114. The van der Waals surface area contributed by atoms with Crippen molar-refractivity contribution in [3.8, 4) is 50.2 Å². The molecule has 0 atom stereocenters. The average Bonchev–Trinajstić information content (AvgIpc) is 3.27. The smallest absolute Gasteiger partial charge is 0.144 e. The summed E-state index contributed by atoms with van der Waals surface area (Å²) in [5.74, 6) is 0. The van der Waals surface area contributed by atoms with Gasteiger partial charge in [-0.25, -0.2) is 0 Å². The van der Waals surface area contributed by atoms with E-state index in [1.54, 1.807) is 0 Å². The molecule has 4 nitrogen and oxygen atoms in total. The van der Waals surface area contributed by atoms with Crippen LogP contribution >= 0.6 is 0 Å². The Bertz CT molecular complexity index is 5370. The summed E-state index contributed by atoms with van der Waals surface area (Å²) in [5.41, 5.74) is 27.5. The van der Waals surface area contributed by atoms with Crippen LogP contribution in [0.1, 0.15) is 74.9 Å². The molecule has 18 rings (SSSR count). The van der Waals surface area contributed by atoms with E-state index < -0.39 is 0 Å². The van der Waals surface area contributed by atoms with Gasteiger partial charge < -0.3 is 18.3 Å². The molecule has 0 N–H and O–H groups in total. The van der Waals surface area contributed by atoms with Crippen molar-refractivity contribution in [1.29, 1.82) is 0 Å². The third kappa shape index (κ3) is 6.10. The summed E-state index contributed by atoms with van der Waals surface area (Å²) in [6.07, 6.45) is 0. The second-order valence-corrected chi connectivity index (χ2v) is 25.1. The molecule has 12 aromatic carbocycles. The third-order valence-corrected chi connectivity index (χ3v) is 19.7. The number of hydrogen-bond donors (Lipinski definition) is 0. The summed E-state index contributed by atoms with van der Waals surface area (Å²) in [5, 5.41) is 9.54. The van der Waals surface area contributed by atoms with Gasteiger partial charge in [0, 0.05) is 82.4 Å². The third-order valence-electron chi connectivity index (χ3n) is 19.7. The lowest BCUT2D eigenvalue weighted by atomic mass is 9.72. The van der Waals surface area contributed by atoms with Crippen LogP contribution in [0.5, 0.6) is 0 Å². The molecular weight excluding hydrogens is 1010 g/mol. The molecule has 4 heteroatoms. The van der Waals surface area contributed by atoms with Crippen LogP contribution in [0.15, 0.2) is 239 Å². The van der Waals surface area contributed by atoms with Crippen molar-refractivity contribution in [1.82, 2.24) is 4.57 Å². The Kier molecular flexibility index (Phi) is 9.12. The number of rotatable bonds is 5. The van der Waals surface area contributed by atoms with Crippen molar-refractivity contribution in [3.63, 3.8) is 0 Å². The SMILES string of the molecule is CC1(C)c2cc(N(c3ccc4c(c3)C(C)(C)c3c5c(c6oc7ccccc7c6c3-4)-c3ccccc3C5(C)C)c3ccc4ccccc4c3)ccc2-c2c1cc(-c1ccc3c(c1)c1ccccc1n3-c1ccccc1)c1oc3ccccc3c21. The van der Waals surface area contributed by atoms with Gasteiger partial charge in [-0.2, -0.15) is 0 Å². The van der Waals surface area contributed by atoms with E-state index in [4.69, 9.17) is 8.83 Å². The maximum Gasteiger partial charge on any atom is 0.144 e. The summed E-state index contributed by atoms with van der Waals surface area (Å²) < 4.78 is 16.5. The average molecular weight is 1070 g/mol. The molecule has 0 bridgehead atoms. The summed E-state index contributed by atoms with van der Waals surface area (Å²) >= 11 is 0. The van der Waals surface area contributed by atoms with Crippen molar-refractivity contribution in [2.45, 2.75) is 57.8 Å². The van der Waals surface area contributed by atoms with Gasteiger partial charge in [0.1, 0.15) is 22.3 Å². The van der Waals surface area contributed by atoms with Crippen LogP contribution in [0.3, 0.4) is 0 Å². The standard InChI is InChI=1S/C79H56N2O2/c1-77(2)61-42-50(35-37-54(61)68-63(77)44-58(75-70(68)56-26-14-18-30-66(56)82-75)47-33-39-65-59(41-47)52-24-13-17-29-64(52)81(65)48-22-8-7-9-23-48)80(49-34-32-45-20-10-11-21-46(45)40-49)51-36-38-55-62(43-51)79(5,6)73-69(55)71-57-27-15-19-31-67(57)83-76(71)72-53-25-12-16-28-60(53)78(3,4)74(72)73/h7-44H,1-6H3. The predicted octanol–water partition coefficient (Wildman–Crippen LogP) is 21.8. The highest BCUT2D eigenvalue weighted by Crippen LogP contribution is 2.64. The fourth-order valence-electron chi connectivity index (χ4n) is 15.9. The van der Waals surface area contributed by atoms with Gasteiger partial charge in [0.25, 0.3) is 0 Å². The van der Waals surface area contributed by atoms with E-state index in [0.29, 0.717) is 0 Å². The minimum Gasteiger partial charge on any atom is -0.455 e. The van der Waals surface area contributed by atoms with Crippen LogP contribution < -0.4 is 4.90 Å². The van der Waals surface area contributed by atoms with Gasteiger partial charge in [-0.05, 0) is 162 Å². The van der Waals surface area contributed by atoms with E-state index in [9.17, 15) is 0 Å². The van der Waals surface area contributed by atoms with E-state index in [1.165, 1.54) is 110 Å².